The lowest BCUT2D eigenvalue weighted by molar-refractivity contribution is -0.272. The number of likely N-dealkylation sites (N-methyl/N-ethyl adjacent to an activating group) is 2. The summed E-state index contributed by atoms with van der Waals surface area (Å²) in [5.41, 5.74) is 0.852. The van der Waals surface area contributed by atoms with Gasteiger partial charge in [0.05, 0.1) is 0 Å². The highest BCUT2D eigenvalue weighted by molar-refractivity contribution is 5.20. The van der Waals surface area contributed by atoms with E-state index in [0.29, 0.717) is 0 Å². The van der Waals surface area contributed by atoms with Crippen molar-refractivity contribution in [3.63, 3.8) is 0 Å². The van der Waals surface area contributed by atoms with Gasteiger partial charge in [0.15, 0.2) is 0 Å². The maximum absolute atomic E-state index is 10.8. The number of hydrogen-bond acceptors (Lipinski definition) is 4. The summed E-state index contributed by atoms with van der Waals surface area (Å²) in [5.74, 6) is -0.856. The molecule has 0 saturated carbocycles. The van der Waals surface area contributed by atoms with E-state index in [9.17, 15) is 5.11 Å². The van der Waals surface area contributed by atoms with Crippen LogP contribution in [-0.4, -0.2) is 55.0 Å². The predicted molar refractivity (Wildman–Crippen MR) is 77.7 cm³/mol. The molecule has 4 nitrogen and oxygen atoms in total. The molecule has 108 valence electrons. The number of rotatable bonds is 7. The summed E-state index contributed by atoms with van der Waals surface area (Å²) < 4.78 is 5.76. The van der Waals surface area contributed by atoms with Crippen LogP contribution in [0.25, 0.3) is 0 Å². The van der Waals surface area contributed by atoms with Gasteiger partial charge in [0.1, 0.15) is 6.10 Å². The number of nitrogens with zero attached hydrogens (tertiary/aromatic N) is 2. The minimum atomic E-state index is -0.856. The van der Waals surface area contributed by atoms with Gasteiger partial charge in [0.2, 0.25) is 5.85 Å². The largest absolute Gasteiger partial charge is 0.382 e. The molecule has 0 aromatic heterocycles. The fourth-order valence-corrected chi connectivity index (χ4v) is 2.65. The normalized spacial score (nSPS) is 16.6. The third-order valence-electron chi connectivity index (χ3n) is 3.63. The minimum Gasteiger partial charge on any atom is -0.382 e. The van der Waals surface area contributed by atoms with E-state index in [1.54, 1.807) is 7.11 Å². The van der Waals surface area contributed by atoms with Crippen LogP contribution in [0.1, 0.15) is 25.5 Å². The molecule has 0 saturated heterocycles. The van der Waals surface area contributed by atoms with E-state index >= 15 is 0 Å². The van der Waals surface area contributed by atoms with Crippen molar-refractivity contribution in [1.29, 1.82) is 0 Å². The summed E-state index contributed by atoms with van der Waals surface area (Å²) in [5, 5.41) is 10.8. The summed E-state index contributed by atoms with van der Waals surface area (Å²) in [6, 6.07) is 9.64. The van der Waals surface area contributed by atoms with Crippen molar-refractivity contribution >= 4 is 0 Å². The Morgan fingerprint density at radius 3 is 2.05 bits per heavy atom. The van der Waals surface area contributed by atoms with Gasteiger partial charge < -0.3 is 9.84 Å². The zero-order valence-electron chi connectivity index (χ0n) is 12.6. The van der Waals surface area contributed by atoms with Gasteiger partial charge in [0, 0.05) is 7.11 Å². The maximum atomic E-state index is 10.8. The molecule has 19 heavy (non-hydrogen) atoms. The average molecular weight is 266 g/mol. The average Bonchev–Trinajstić information content (AvgIpc) is 2.44. The van der Waals surface area contributed by atoms with Gasteiger partial charge in [-0.25, -0.2) is 0 Å². The highest BCUT2D eigenvalue weighted by atomic mass is 16.5. The van der Waals surface area contributed by atoms with Crippen molar-refractivity contribution in [3.8, 4) is 0 Å². The third-order valence-corrected chi connectivity index (χ3v) is 3.63. The van der Waals surface area contributed by atoms with Gasteiger partial charge in [-0.05, 0) is 32.7 Å². The minimum absolute atomic E-state index is 0.742. The molecule has 0 fully saturated rings. The van der Waals surface area contributed by atoms with Crippen LogP contribution in [-0.2, 0) is 4.74 Å². The number of aliphatic hydroxyl groups excluding tert-OH is 1. The van der Waals surface area contributed by atoms with Crippen molar-refractivity contribution in [2.24, 2.45) is 0 Å². The number of methoxy groups -OCH3 is 1. The fraction of sp³-hybridized carbons (Fsp3) is 0.600. The quantitative estimate of drug-likeness (QED) is 0.765. The first kappa shape index (κ1) is 16.1. The standard InChI is InChI=1S/C15H26N2O2/c1-6-17(7-2)15(19-5,16(3)4)14(18)13-11-9-8-10-12-13/h8-12,14,18H,6-7H2,1-5H3. The molecule has 0 heterocycles. The first-order valence-electron chi connectivity index (χ1n) is 6.75. The third kappa shape index (κ3) is 2.98. The van der Waals surface area contributed by atoms with E-state index in [-0.39, 0.29) is 0 Å². The molecule has 0 bridgehead atoms. The Bertz CT molecular complexity index is 366. The number of benzene rings is 1. The maximum Gasteiger partial charge on any atom is 0.210 e. The molecular weight excluding hydrogens is 240 g/mol. The molecule has 1 N–H and O–H groups in total. The van der Waals surface area contributed by atoms with Crippen molar-refractivity contribution in [3.05, 3.63) is 35.9 Å². The van der Waals surface area contributed by atoms with Gasteiger partial charge in [0.25, 0.3) is 0 Å². The number of hydrogen-bond donors (Lipinski definition) is 1. The van der Waals surface area contributed by atoms with E-state index in [2.05, 4.69) is 18.7 Å². The molecule has 1 aromatic rings. The Labute approximate surface area is 116 Å². The van der Waals surface area contributed by atoms with E-state index in [1.165, 1.54) is 0 Å². The van der Waals surface area contributed by atoms with Crippen molar-refractivity contribution in [2.45, 2.75) is 25.8 Å². The second-order valence-corrected chi connectivity index (χ2v) is 4.74. The van der Waals surface area contributed by atoms with Crippen LogP contribution in [0.5, 0.6) is 0 Å². The molecule has 0 spiro atoms. The van der Waals surface area contributed by atoms with Crippen molar-refractivity contribution < 1.29 is 9.84 Å². The molecular formula is C15H26N2O2. The molecule has 0 radical (unpaired) electrons. The molecule has 4 heteroatoms. The Morgan fingerprint density at radius 1 is 1.16 bits per heavy atom. The van der Waals surface area contributed by atoms with Crippen LogP contribution in [0, 0.1) is 0 Å². The summed E-state index contributed by atoms with van der Waals surface area (Å²) >= 11 is 0. The second kappa shape index (κ2) is 7.01. The summed E-state index contributed by atoms with van der Waals surface area (Å²) in [4.78, 5) is 4.04. The lowest BCUT2D eigenvalue weighted by Gasteiger charge is -2.49. The van der Waals surface area contributed by atoms with Gasteiger partial charge in [-0.2, -0.15) is 0 Å². The van der Waals surface area contributed by atoms with Crippen LogP contribution in [0.15, 0.2) is 30.3 Å². The van der Waals surface area contributed by atoms with E-state index < -0.39 is 12.0 Å². The zero-order valence-corrected chi connectivity index (χ0v) is 12.6. The van der Waals surface area contributed by atoms with E-state index in [1.807, 2.05) is 49.3 Å². The lowest BCUT2D eigenvalue weighted by Crippen LogP contribution is -2.63. The molecule has 0 aliphatic heterocycles. The monoisotopic (exact) mass is 266 g/mol. The first-order valence-corrected chi connectivity index (χ1v) is 6.75. The molecule has 0 aliphatic rings. The first-order chi connectivity index (χ1) is 9.04. The van der Waals surface area contributed by atoms with Crippen LogP contribution in [0.2, 0.25) is 0 Å². The van der Waals surface area contributed by atoms with E-state index in [4.69, 9.17) is 4.74 Å². The fourth-order valence-electron chi connectivity index (χ4n) is 2.65. The summed E-state index contributed by atoms with van der Waals surface area (Å²) in [6.07, 6.45) is -0.742. The topological polar surface area (TPSA) is 35.9 Å². The Hall–Kier alpha value is -0.940. The molecule has 1 rings (SSSR count). The molecule has 1 aromatic carbocycles. The zero-order chi connectivity index (χ0) is 14.5. The molecule has 2 atom stereocenters. The van der Waals surface area contributed by atoms with Crippen LogP contribution < -0.4 is 0 Å². The van der Waals surface area contributed by atoms with Crippen LogP contribution in [0.4, 0.5) is 0 Å². The predicted octanol–water partition coefficient (Wildman–Crippen LogP) is 1.92. The van der Waals surface area contributed by atoms with Crippen molar-refractivity contribution in [1.82, 2.24) is 9.80 Å². The highest BCUT2D eigenvalue weighted by Gasteiger charge is 2.45. The summed E-state index contributed by atoms with van der Waals surface area (Å²) in [7, 11) is 5.49. The lowest BCUT2D eigenvalue weighted by atomic mass is 10.0. The van der Waals surface area contributed by atoms with Gasteiger partial charge in [-0.3, -0.25) is 9.80 Å². The Kier molecular flexibility index (Phi) is 5.94. The second-order valence-electron chi connectivity index (χ2n) is 4.74. The van der Waals surface area contributed by atoms with Crippen LogP contribution in [0.3, 0.4) is 0 Å². The number of aliphatic hydroxyl groups is 1. The molecule has 0 amide bonds. The Balaban J connectivity index is 3.23. The smallest absolute Gasteiger partial charge is 0.210 e. The SMILES string of the molecule is CCN(CC)C(OC)(C(O)c1ccccc1)N(C)C. The molecule has 0 aliphatic carbocycles. The Morgan fingerprint density at radius 2 is 1.68 bits per heavy atom. The van der Waals surface area contributed by atoms with Gasteiger partial charge in [-0.15, -0.1) is 0 Å². The number of ether oxygens (including phenoxy) is 1. The molecule has 2 unspecified atom stereocenters. The van der Waals surface area contributed by atoms with Gasteiger partial charge >= 0.3 is 0 Å². The highest BCUT2D eigenvalue weighted by Crippen LogP contribution is 2.33. The van der Waals surface area contributed by atoms with Gasteiger partial charge in [-0.1, -0.05) is 44.2 Å². The van der Waals surface area contributed by atoms with E-state index in [0.717, 1.165) is 18.7 Å². The van der Waals surface area contributed by atoms with Crippen LogP contribution >= 0.6 is 0 Å². The summed E-state index contributed by atoms with van der Waals surface area (Å²) in [6.45, 7) is 5.73. The van der Waals surface area contributed by atoms with Crippen molar-refractivity contribution in [2.75, 3.05) is 34.3 Å².